The number of alkyl halides is 2. The molecule has 0 atom stereocenters. The summed E-state index contributed by atoms with van der Waals surface area (Å²) in [4.78, 5) is 10.9. The molecule has 0 radical (unpaired) electrons. The normalized spacial score (nSPS) is 11.6. The maximum absolute atomic E-state index is 12.9. The van der Waals surface area contributed by atoms with Crippen molar-refractivity contribution in [3.63, 3.8) is 0 Å². The molecule has 0 aliphatic rings. The fourth-order valence-corrected chi connectivity index (χ4v) is 0.742. The molecule has 90 valence electrons. The highest BCUT2D eigenvalue weighted by Gasteiger charge is 2.31. The number of hydrogen-bond acceptors (Lipinski definition) is 3. The van der Waals surface area contributed by atoms with Crippen LogP contribution in [0.15, 0.2) is 0 Å². The largest absolute Gasteiger partial charge is 0.443 e. The molecule has 0 bridgehead atoms. The van der Waals surface area contributed by atoms with Crippen LogP contribution >= 0.6 is 0 Å². The van der Waals surface area contributed by atoms with Crippen molar-refractivity contribution in [2.75, 3.05) is 19.8 Å². The number of amides is 1. The molecule has 6 heteroatoms. The van der Waals surface area contributed by atoms with Crippen LogP contribution in [0.5, 0.6) is 0 Å². The second-order valence-electron chi connectivity index (χ2n) is 3.37. The number of ether oxygens (including phenoxy) is 2. The lowest BCUT2D eigenvalue weighted by Crippen LogP contribution is -2.36. The maximum Gasteiger partial charge on any atom is 0.407 e. The van der Waals surface area contributed by atoms with Gasteiger partial charge in [0.15, 0.2) is 6.61 Å². The van der Waals surface area contributed by atoms with Crippen LogP contribution in [-0.4, -0.2) is 37.9 Å². The molecule has 15 heavy (non-hydrogen) atoms. The minimum Gasteiger partial charge on any atom is -0.443 e. The van der Waals surface area contributed by atoms with Crippen LogP contribution in [0.25, 0.3) is 0 Å². The van der Waals surface area contributed by atoms with Gasteiger partial charge in [-0.25, -0.2) is 13.6 Å². The monoisotopic (exact) mass is 225 g/mol. The van der Waals surface area contributed by atoms with E-state index in [9.17, 15) is 13.6 Å². The van der Waals surface area contributed by atoms with Gasteiger partial charge in [0.05, 0.1) is 0 Å². The SMILES string of the molecule is CCOCC(F)(F)COC(=O)NC(C)C. The Morgan fingerprint density at radius 2 is 2.00 bits per heavy atom. The Morgan fingerprint density at radius 1 is 1.40 bits per heavy atom. The zero-order valence-electron chi connectivity index (χ0n) is 9.18. The third-order valence-corrected chi connectivity index (χ3v) is 1.34. The molecule has 4 nitrogen and oxygen atoms in total. The Hall–Kier alpha value is -0.910. The van der Waals surface area contributed by atoms with Crippen LogP contribution in [-0.2, 0) is 9.47 Å². The van der Waals surface area contributed by atoms with E-state index in [1.807, 2.05) is 0 Å². The van der Waals surface area contributed by atoms with Crippen LogP contribution in [0, 0.1) is 0 Å². The van der Waals surface area contributed by atoms with E-state index >= 15 is 0 Å². The summed E-state index contributed by atoms with van der Waals surface area (Å²) in [5.41, 5.74) is 0. The predicted molar refractivity (Wildman–Crippen MR) is 51.1 cm³/mol. The first kappa shape index (κ1) is 14.1. The average molecular weight is 225 g/mol. The smallest absolute Gasteiger partial charge is 0.407 e. The lowest BCUT2D eigenvalue weighted by molar-refractivity contribution is -0.107. The molecular weight excluding hydrogens is 208 g/mol. The van der Waals surface area contributed by atoms with Crippen LogP contribution in [0.1, 0.15) is 20.8 Å². The summed E-state index contributed by atoms with van der Waals surface area (Å²) >= 11 is 0. The standard InChI is InChI=1S/C9H17F2NO3/c1-4-14-5-9(10,11)6-15-8(13)12-7(2)3/h7H,4-6H2,1-3H3,(H,12,13). The number of nitrogens with one attached hydrogen (secondary N) is 1. The fourth-order valence-electron chi connectivity index (χ4n) is 0.742. The number of carbonyl (C=O) groups excluding carboxylic acids is 1. The summed E-state index contributed by atoms with van der Waals surface area (Å²) in [6.07, 6.45) is -0.846. The summed E-state index contributed by atoms with van der Waals surface area (Å²) in [7, 11) is 0. The summed E-state index contributed by atoms with van der Waals surface area (Å²) < 4.78 is 34.6. The molecule has 0 aromatic rings. The van der Waals surface area contributed by atoms with Gasteiger partial charge < -0.3 is 14.8 Å². The Morgan fingerprint density at radius 3 is 2.47 bits per heavy atom. The van der Waals surface area contributed by atoms with E-state index in [0.717, 1.165) is 0 Å². The Balaban J connectivity index is 3.77. The van der Waals surface area contributed by atoms with Crippen LogP contribution in [0.2, 0.25) is 0 Å². The van der Waals surface area contributed by atoms with Crippen LogP contribution in [0.4, 0.5) is 13.6 Å². The average Bonchev–Trinajstić information content (AvgIpc) is 2.11. The van der Waals surface area contributed by atoms with Gasteiger partial charge in [0.2, 0.25) is 0 Å². The van der Waals surface area contributed by atoms with Crippen molar-refractivity contribution >= 4 is 6.09 Å². The summed E-state index contributed by atoms with van der Waals surface area (Å²) in [6, 6.07) is -0.141. The van der Waals surface area contributed by atoms with Crippen molar-refractivity contribution in [1.29, 1.82) is 0 Å². The van der Waals surface area contributed by atoms with E-state index in [2.05, 4.69) is 14.8 Å². The molecule has 1 amide bonds. The van der Waals surface area contributed by atoms with Crippen LogP contribution < -0.4 is 5.32 Å². The van der Waals surface area contributed by atoms with Gasteiger partial charge in [0, 0.05) is 12.6 Å². The van der Waals surface area contributed by atoms with Crippen molar-refractivity contribution in [2.45, 2.75) is 32.7 Å². The van der Waals surface area contributed by atoms with Gasteiger partial charge in [0.1, 0.15) is 6.61 Å². The predicted octanol–water partition coefficient (Wildman–Crippen LogP) is 1.79. The molecule has 0 aliphatic heterocycles. The Kier molecular flexibility index (Phi) is 6.15. The first-order valence-corrected chi connectivity index (χ1v) is 4.76. The topological polar surface area (TPSA) is 47.6 Å². The molecule has 0 unspecified atom stereocenters. The number of rotatable bonds is 6. The Labute approximate surface area is 87.9 Å². The quantitative estimate of drug-likeness (QED) is 0.749. The van der Waals surface area contributed by atoms with Crippen molar-refractivity contribution in [2.24, 2.45) is 0 Å². The molecule has 0 aliphatic carbocycles. The fraction of sp³-hybridized carbons (Fsp3) is 0.889. The lowest BCUT2D eigenvalue weighted by Gasteiger charge is -2.16. The molecule has 0 aromatic heterocycles. The molecule has 0 heterocycles. The van der Waals surface area contributed by atoms with E-state index in [1.54, 1.807) is 20.8 Å². The molecule has 0 rings (SSSR count). The minimum absolute atomic E-state index is 0.141. The maximum atomic E-state index is 12.9. The number of alkyl carbamates (subject to hydrolysis) is 1. The summed E-state index contributed by atoms with van der Waals surface area (Å²) in [5.74, 6) is -3.13. The molecular formula is C9H17F2NO3. The zero-order valence-corrected chi connectivity index (χ0v) is 9.18. The molecule has 0 spiro atoms. The third-order valence-electron chi connectivity index (χ3n) is 1.34. The second kappa shape index (κ2) is 6.55. The van der Waals surface area contributed by atoms with E-state index in [1.165, 1.54) is 0 Å². The van der Waals surface area contributed by atoms with Gasteiger partial charge in [-0.05, 0) is 20.8 Å². The summed E-state index contributed by atoms with van der Waals surface area (Å²) in [6.45, 7) is 3.53. The van der Waals surface area contributed by atoms with Gasteiger partial charge in [0.25, 0.3) is 0 Å². The van der Waals surface area contributed by atoms with Crippen molar-refractivity contribution < 1.29 is 23.0 Å². The first-order valence-electron chi connectivity index (χ1n) is 4.76. The molecule has 1 N–H and O–H groups in total. The van der Waals surface area contributed by atoms with Gasteiger partial charge in [-0.3, -0.25) is 0 Å². The van der Waals surface area contributed by atoms with Crippen LogP contribution in [0.3, 0.4) is 0 Å². The van der Waals surface area contributed by atoms with Crippen molar-refractivity contribution in [3.8, 4) is 0 Å². The molecule has 0 saturated carbocycles. The van der Waals surface area contributed by atoms with Crippen molar-refractivity contribution in [3.05, 3.63) is 0 Å². The van der Waals surface area contributed by atoms with Crippen molar-refractivity contribution in [1.82, 2.24) is 5.32 Å². The highest BCUT2D eigenvalue weighted by atomic mass is 19.3. The van der Waals surface area contributed by atoms with Gasteiger partial charge in [-0.2, -0.15) is 0 Å². The van der Waals surface area contributed by atoms with Gasteiger partial charge >= 0.3 is 12.0 Å². The van der Waals surface area contributed by atoms with E-state index in [-0.39, 0.29) is 12.6 Å². The lowest BCUT2D eigenvalue weighted by atomic mass is 10.4. The second-order valence-corrected chi connectivity index (χ2v) is 3.37. The highest BCUT2D eigenvalue weighted by molar-refractivity contribution is 5.67. The molecule has 0 fully saturated rings. The highest BCUT2D eigenvalue weighted by Crippen LogP contribution is 2.14. The number of carbonyl (C=O) groups is 1. The third kappa shape index (κ3) is 8.11. The molecule has 0 saturated heterocycles. The summed E-state index contributed by atoms with van der Waals surface area (Å²) in [5, 5.41) is 2.34. The van der Waals surface area contributed by atoms with E-state index < -0.39 is 25.2 Å². The van der Waals surface area contributed by atoms with Gasteiger partial charge in [-0.15, -0.1) is 0 Å². The minimum atomic E-state index is -3.13. The van der Waals surface area contributed by atoms with E-state index in [0.29, 0.717) is 0 Å². The Bertz CT molecular complexity index is 198. The zero-order chi connectivity index (χ0) is 11.9. The van der Waals surface area contributed by atoms with E-state index in [4.69, 9.17) is 0 Å². The first-order chi connectivity index (χ1) is 6.87. The molecule has 0 aromatic carbocycles. The number of halogens is 2. The number of hydrogen-bond donors (Lipinski definition) is 1. The van der Waals surface area contributed by atoms with Gasteiger partial charge in [-0.1, -0.05) is 0 Å².